The van der Waals surface area contributed by atoms with Crippen molar-refractivity contribution in [2.24, 2.45) is 0 Å². The van der Waals surface area contributed by atoms with Gasteiger partial charge in [-0.05, 0) is 0 Å². The molecule has 32 heavy (non-hydrogen) atoms. The summed E-state index contributed by atoms with van der Waals surface area (Å²) < 4.78 is 64.3. The van der Waals surface area contributed by atoms with Crippen LogP contribution in [0.15, 0.2) is 11.0 Å². The Hall–Kier alpha value is -1.01. The lowest BCUT2D eigenvalue weighted by atomic mass is 10.1. The van der Waals surface area contributed by atoms with E-state index < -0.39 is 60.1 Å². The van der Waals surface area contributed by atoms with E-state index in [-0.39, 0.29) is 16.5 Å². The number of phosphoric acid groups is 3. The number of aromatic amines is 1. The molecular weight excluding hydrogens is 532 g/mol. The molecule has 2 rings (SSSR count). The largest absolute Gasteiger partial charge is 0.490 e. The summed E-state index contributed by atoms with van der Waals surface area (Å²) in [4.78, 5) is 60.3. The number of halogens is 1. The summed E-state index contributed by atoms with van der Waals surface area (Å²) in [5.41, 5.74) is -1.39. The summed E-state index contributed by atoms with van der Waals surface area (Å²) in [7, 11) is -17.4. The number of H-pyrrole nitrogens is 1. The lowest BCUT2D eigenvalue weighted by molar-refractivity contribution is -0.204. The first kappa shape index (κ1) is 27.2. The summed E-state index contributed by atoms with van der Waals surface area (Å²) in [5, 5.41) is 19.9. The maximum Gasteiger partial charge on any atom is 0.490 e. The van der Waals surface area contributed by atoms with Crippen LogP contribution >= 0.6 is 35.7 Å². The van der Waals surface area contributed by atoms with Crippen LogP contribution < -0.4 is 5.69 Å². The van der Waals surface area contributed by atoms with Crippen molar-refractivity contribution < 1.29 is 70.5 Å². The number of ether oxygens (including phenoxy) is 1. The van der Waals surface area contributed by atoms with Gasteiger partial charge in [-0.25, -0.2) is 22.9 Å². The number of carbonyl (C=O) groups excluding carboxylic acids is 1. The minimum absolute atomic E-state index is 0.213. The van der Waals surface area contributed by atoms with Gasteiger partial charge in [-0.3, -0.25) is 18.9 Å². The van der Waals surface area contributed by atoms with E-state index in [1.807, 2.05) is 4.98 Å². The molecule has 0 aliphatic carbocycles. The van der Waals surface area contributed by atoms with Crippen LogP contribution in [0.4, 0.5) is 4.39 Å². The molecule has 1 aromatic heterocycles. The number of carbonyl (C=O) groups is 1. The van der Waals surface area contributed by atoms with E-state index in [9.17, 15) is 42.8 Å². The first-order valence-corrected chi connectivity index (χ1v) is 12.6. The molecule has 17 nitrogen and oxygen atoms in total. The summed E-state index contributed by atoms with van der Waals surface area (Å²) >= 11 is 4.71. The molecule has 1 aromatic rings. The normalized spacial score (nSPS) is 29.9. The number of alkyl halides is 1. The van der Waals surface area contributed by atoms with Gasteiger partial charge in [0.15, 0.2) is 12.5 Å². The minimum Gasteiger partial charge on any atom is -0.385 e. The number of aliphatic hydroxyl groups is 2. The van der Waals surface area contributed by atoms with Crippen molar-refractivity contribution in [3.63, 3.8) is 0 Å². The van der Waals surface area contributed by atoms with E-state index in [4.69, 9.17) is 31.6 Å². The lowest BCUT2D eigenvalue weighted by Gasteiger charge is -2.24. The molecule has 7 N–H and O–H groups in total. The van der Waals surface area contributed by atoms with Crippen LogP contribution in [0.25, 0.3) is 0 Å². The first-order valence-electron chi connectivity index (χ1n) is 7.71. The van der Waals surface area contributed by atoms with Crippen molar-refractivity contribution in [1.29, 1.82) is 0 Å². The van der Waals surface area contributed by atoms with Gasteiger partial charge in [0.25, 0.3) is 5.85 Å². The van der Waals surface area contributed by atoms with Crippen LogP contribution in [-0.4, -0.2) is 70.3 Å². The average molecular weight is 546 g/mol. The first-order chi connectivity index (χ1) is 14.4. The van der Waals surface area contributed by atoms with Crippen molar-refractivity contribution in [1.82, 2.24) is 9.55 Å². The summed E-state index contributed by atoms with van der Waals surface area (Å²) in [6.07, 6.45) is -5.80. The van der Waals surface area contributed by atoms with E-state index in [1.54, 1.807) is 0 Å². The number of nitrogens with zero attached hydrogens (tertiary/aromatic N) is 1. The third-order valence-electron chi connectivity index (χ3n) is 3.61. The van der Waals surface area contributed by atoms with Gasteiger partial charge in [-0.15, -0.1) is 0 Å². The highest BCUT2D eigenvalue weighted by Crippen LogP contribution is 2.66. The molecule has 182 valence electrons. The SMILES string of the molecule is O=Cc1cn([C@@H]2O[C@](F)(COP(=O)(O)OP(=O)(O)OP(=O)(O)O)[C@@H](O)[C@H]2O)c(=O)[nH]c1=S. The highest BCUT2D eigenvalue weighted by atomic mass is 32.1. The molecule has 1 aliphatic rings. The molecule has 1 saturated heterocycles. The number of hydrogen-bond acceptors (Lipinski definition) is 12. The van der Waals surface area contributed by atoms with Crippen LogP contribution in [0.1, 0.15) is 16.6 Å². The maximum atomic E-state index is 15.0. The second kappa shape index (κ2) is 9.32. The highest BCUT2D eigenvalue weighted by molar-refractivity contribution is 7.71. The number of aromatic nitrogens is 2. The molecule has 6 atom stereocenters. The zero-order valence-electron chi connectivity index (χ0n) is 15.0. The molecule has 22 heteroatoms. The number of aldehydes is 1. The predicted octanol–water partition coefficient (Wildman–Crippen LogP) is -1.02. The minimum atomic E-state index is -5.90. The van der Waals surface area contributed by atoms with Gasteiger partial charge in [-0.1, -0.05) is 12.2 Å². The molecule has 0 spiro atoms. The van der Waals surface area contributed by atoms with Gasteiger partial charge in [0.2, 0.25) is 0 Å². The molecular formula is C10H14FN2O15P3S. The number of phosphoric ester groups is 1. The van der Waals surface area contributed by atoms with Gasteiger partial charge < -0.3 is 34.5 Å². The Morgan fingerprint density at radius 2 is 1.81 bits per heavy atom. The second-order valence-electron chi connectivity index (χ2n) is 5.96. The smallest absolute Gasteiger partial charge is 0.385 e. The van der Waals surface area contributed by atoms with Gasteiger partial charge in [0, 0.05) is 6.20 Å². The molecule has 2 unspecified atom stereocenters. The quantitative estimate of drug-likeness (QED) is 0.111. The van der Waals surface area contributed by atoms with E-state index in [0.29, 0.717) is 4.57 Å². The standard InChI is InChI=1S/C10H14FN2O15P3S/c11-10(3-25-30(21,22)28-31(23,24)27-29(18,19)20)6(16)5(15)8(26-10)13-1-4(2-14)7(32)12-9(13)17/h1-2,5-6,8,15-16H,3H2,(H,21,22)(H,23,24)(H,12,17,32)(H2,18,19,20)/t5-,6+,8-,10-/m1/s1. The third-order valence-corrected chi connectivity index (χ3v) is 7.73. The molecule has 0 amide bonds. The van der Waals surface area contributed by atoms with Gasteiger partial charge in [0.05, 0.1) is 5.56 Å². The predicted molar refractivity (Wildman–Crippen MR) is 97.1 cm³/mol. The van der Waals surface area contributed by atoms with Crippen LogP contribution in [0, 0.1) is 4.64 Å². The van der Waals surface area contributed by atoms with Gasteiger partial charge >= 0.3 is 29.2 Å². The van der Waals surface area contributed by atoms with Crippen LogP contribution in [-0.2, 0) is 31.6 Å². The zero-order chi connectivity index (χ0) is 24.7. The fraction of sp³-hybridized carbons (Fsp3) is 0.500. The van der Waals surface area contributed by atoms with Crippen molar-refractivity contribution in [2.75, 3.05) is 6.61 Å². The Morgan fingerprint density at radius 3 is 2.34 bits per heavy atom. The molecule has 0 aromatic carbocycles. The van der Waals surface area contributed by atoms with Crippen molar-refractivity contribution in [3.05, 3.63) is 26.9 Å². The molecule has 0 saturated carbocycles. The van der Waals surface area contributed by atoms with E-state index in [0.717, 1.165) is 6.20 Å². The van der Waals surface area contributed by atoms with Crippen LogP contribution in [0.2, 0.25) is 0 Å². The van der Waals surface area contributed by atoms with Crippen molar-refractivity contribution in [2.45, 2.75) is 24.3 Å². The summed E-state index contributed by atoms with van der Waals surface area (Å²) in [6.45, 7) is -1.77. The van der Waals surface area contributed by atoms with Crippen molar-refractivity contribution in [3.8, 4) is 0 Å². The summed E-state index contributed by atoms with van der Waals surface area (Å²) in [6, 6.07) is 0. The lowest BCUT2D eigenvalue weighted by Crippen LogP contribution is -2.43. The fourth-order valence-corrected chi connectivity index (χ4v) is 5.56. The molecule has 1 aliphatic heterocycles. The Labute approximate surface area is 180 Å². The zero-order valence-corrected chi connectivity index (χ0v) is 18.5. The van der Waals surface area contributed by atoms with Crippen LogP contribution in [0.5, 0.6) is 0 Å². The number of hydrogen-bond donors (Lipinski definition) is 7. The topological polar surface area (TPSA) is 264 Å². The molecule has 2 heterocycles. The van der Waals surface area contributed by atoms with Gasteiger partial charge in [0.1, 0.15) is 23.5 Å². The van der Waals surface area contributed by atoms with E-state index in [2.05, 4.69) is 13.1 Å². The molecule has 0 bridgehead atoms. The maximum absolute atomic E-state index is 15.0. The van der Waals surface area contributed by atoms with Crippen LogP contribution in [0.3, 0.4) is 0 Å². The number of nitrogens with one attached hydrogen (secondary N) is 1. The molecule has 0 radical (unpaired) electrons. The van der Waals surface area contributed by atoms with E-state index in [1.165, 1.54) is 0 Å². The summed E-state index contributed by atoms with van der Waals surface area (Å²) in [5.74, 6) is -3.54. The Balaban J connectivity index is 2.21. The number of rotatable bonds is 9. The Bertz CT molecular complexity index is 1150. The Kier molecular flexibility index (Phi) is 7.94. The van der Waals surface area contributed by atoms with Crippen molar-refractivity contribution >= 4 is 42.0 Å². The number of aliphatic hydroxyl groups excluding tert-OH is 2. The monoisotopic (exact) mass is 546 g/mol. The van der Waals surface area contributed by atoms with E-state index >= 15 is 0 Å². The molecule has 1 fully saturated rings. The highest BCUT2D eigenvalue weighted by Gasteiger charge is 2.57. The second-order valence-corrected chi connectivity index (χ2v) is 10.8. The fourth-order valence-electron chi connectivity index (χ4n) is 2.34. The average Bonchev–Trinajstić information content (AvgIpc) is 2.82. The van der Waals surface area contributed by atoms with Gasteiger partial charge in [-0.2, -0.15) is 8.62 Å². The Morgan fingerprint density at radius 1 is 1.22 bits per heavy atom. The third kappa shape index (κ3) is 6.53.